The molecule has 1 aliphatic heterocycles. The predicted molar refractivity (Wildman–Crippen MR) is 79.1 cm³/mol. The number of para-hydroxylation sites is 1. The highest BCUT2D eigenvalue weighted by Gasteiger charge is 2.14. The highest BCUT2D eigenvalue weighted by Crippen LogP contribution is 2.18. The molecule has 0 aliphatic carbocycles. The third-order valence-electron chi connectivity index (χ3n) is 3.85. The Morgan fingerprint density at radius 2 is 2.11 bits per heavy atom. The molecule has 2 heteroatoms. The first-order valence-electron chi connectivity index (χ1n) is 7.31. The van der Waals surface area contributed by atoms with Crippen LogP contribution in [0.3, 0.4) is 0 Å². The first kappa shape index (κ1) is 13.4. The summed E-state index contributed by atoms with van der Waals surface area (Å²) in [4.78, 5) is 0. The van der Waals surface area contributed by atoms with Crippen LogP contribution in [0.5, 0.6) is 0 Å². The number of nitrogens with one attached hydrogen (secondary N) is 2. The van der Waals surface area contributed by atoms with Crippen molar-refractivity contribution in [3.05, 3.63) is 29.8 Å². The molecule has 2 unspecified atom stereocenters. The zero-order valence-corrected chi connectivity index (χ0v) is 11.7. The second-order valence-electron chi connectivity index (χ2n) is 5.60. The Morgan fingerprint density at radius 1 is 1.28 bits per heavy atom. The molecule has 18 heavy (non-hydrogen) atoms. The Morgan fingerprint density at radius 3 is 2.94 bits per heavy atom. The largest absolute Gasteiger partial charge is 0.382 e. The van der Waals surface area contributed by atoms with Crippen molar-refractivity contribution in [2.24, 2.45) is 0 Å². The first-order valence-corrected chi connectivity index (χ1v) is 7.31. The molecule has 2 atom stereocenters. The van der Waals surface area contributed by atoms with Gasteiger partial charge in [-0.15, -0.1) is 0 Å². The molecule has 0 saturated carbocycles. The van der Waals surface area contributed by atoms with E-state index in [4.69, 9.17) is 0 Å². The maximum atomic E-state index is 3.67. The van der Waals surface area contributed by atoms with E-state index in [1.54, 1.807) is 0 Å². The van der Waals surface area contributed by atoms with Gasteiger partial charge in [0.15, 0.2) is 0 Å². The lowest BCUT2D eigenvalue weighted by Gasteiger charge is -2.23. The van der Waals surface area contributed by atoms with E-state index < -0.39 is 0 Å². The Hall–Kier alpha value is -1.02. The molecular formula is C16H26N2. The topological polar surface area (TPSA) is 24.1 Å². The second kappa shape index (κ2) is 6.79. The fourth-order valence-electron chi connectivity index (χ4n) is 2.79. The molecular weight excluding hydrogens is 220 g/mol. The molecule has 1 aromatic carbocycles. The zero-order chi connectivity index (χ0) is 12.8. The van der Waals surface area contributed by atoms with Crippen molar-refractivity contribution < 1.29 is 0 Å². The van der Waals surface area contributed by atoms with Crippen LogP contribution in [-0.4, -0.2) is 18.6 Å². The van der Waals surface area contributed by atoms with E-state index in [0.717, 1.165) is 0 Å². The lowest BCUT2D eigenvalue weighted by atomic mass is 10.0. The summed E-state index contributed by atoms with van der Waals surface area (Å²) in [5.74, 6) is 0. The third-order valence-corrected chi connectivity index (χ3v) is 3.85. The van der Waals surface area contributed by atoms with Gasteiger partial charge in [0.2, 0.25) is 0 Å². The van der Waals surface area contributed by atoms with Crippen molar-refractivity contribution in [3.63, 3.8) is 0 Å². The average Bonchev–Trinajstić information content (AvgIpc) is 2.61. The molecule has 1 saturated heterocycles. The molecule has 0 amide bonds. The third kappa shape index (κ3) is 4.02. The maximum absolute atomic E-state index is 3.67. The van der Waals surface area contributed by atoms with Crippen LogP contribution in [0.2, 0.25) is 0 Å². The minimum atomic E-state index is 0.529. The summed E-state index contributed by atoms with van der Waals surface area (Å²) in [5.41, 5.74) is 2.61. The van der Waals surface area contributed by atoms with Gasteiger partial charge in [-0.1, -0.05) is 31.0 Å². The second-order valence-corrected chi connectivity index (χ2v) is 5.60. The van der Waals surface area contributed by atoms with Gasteiger partial charge in [0.25, 0.3) is 0 Å². The summed E-state index contributed by atoms with van der Waals surface area (Å²) in [6, 6.07) is 9.76. The van der Waals surface area contributed by atoms with Crippen LogP contribution in [-0.2, 0) is 0 Å². The van der Waals surface area contributed by atoms with E-state index in [1.807, 2.05) is 0 Å². The zero-order valence-electron chi connectivity index (χ0n) is 11.7. The van der Waals surface area contributed by atoms with Crippen LogP contribution >= 0.6 is 0 Å². The van der Waals surface area contributed by atoms with Gasteiger partial charge in [0.05, 0.1) is 0 Å². The van der Waals surface area contributed by atoms with Gasteiger partial charge in [-0.3, -0.25) is 0 Å². The van der Waals surface area contributed by atoms with Crippen LogP contribution in [0, 0.1) is 6.92 Å². The van der Waals surface area contributed by atoms with Crippen LogP contribution in [0.15, 0.2) is 24.3 Å². The molecule has 100 valence electrons. The lowest BCUT2D eigenvalue weighted by Crippen LogP contribution is -2.33. The summed E-state index contributed by atoms with van der Waals surface area (Å²) in [6.07, 6.45) is 6.67. The molecule has 0 bridgehead atoms. The van der Waals surface area contributed by atoms with Crippen LogP contribution in [0.1, 0.15) is 44.6 Å². The molecule has 0 radical (unpaired) electrons. The van der Waals surface area contributed by atoms with Crippen molar-refractivity contribution in [2.45, 2.75) is 58.0 Å². The van der Waals surface area contributed by atoms with E-state index in [9.17, 15) is 0 Å². The Labute approximate surface area is 111 Å². The molecule has 2 N–H and O–H groups in total. The van der Waals surface area contributed by atoms with Gasteiger partial charge in [-0.05, 0) is 51.3 Å². The molecule has 2 nitrogen and oxygen atoms in total. The van der Waals surface area contributed by atoms with Gasteiger partial charge < -0.3 is 10.6 Å². The molecule has 1 aromatic rings. The van der Waals surface area contributed by atoms with Crippen molar-refractivity contribution in [2.75, 3.05) is 11.9 Å². The van der Waals surface area contributed by atoms with Gasteiger partial charge in [-0.25, -0.2) is 0 Å². The lowest BCUT2D eigenvalue weighted by molar-refractivity contribution is 0.456. The minimum Gasteiger partial charge on any atom is -0.382 e. The quantitative estimate of drug-likeness (QED) is 0.846. The van der Waals surface area contributed by atoms with E-state index in [-0.39, 0.29) is 0 Å². The predicted octanol–water partition coefficient (Wildman–Crippen LogP) is 3.72. The van der Waals surface area contributed by atoms with Gasteiger partial charge in [0, 0.05) is 17.8 Å². The number of aryl methyl sites for hydroxylation is 1. The van der Waals surface area contributed by atoms with E-state index in [1.165, 1.54) is 49.9 Å². The molecule has 1 heterocycles. The van der Waals surface area contributed by atoms with Crippen molar-refractivity contribution in [1.29, 1.82) is 0 Å². The van der Waals surface area contributed by atoms with E-state index in [2.05, 4.69) is 48.7 Å². The van der Waals surface area contributed by atoms with Crippen molar-refractivity contribution >= 4 is 5.69 Å². The Balaban J connectivity index is 1.84. The van der Waals surface area contributed by atoms with Crippen LogP contribution in [0.4, 0.5) is 5.69 Å². The van der Waals surface area contributed by atoms with Crippen LogP contribution < -0.4 is 10.6 Å². The van der Waals surface area contributed by atoms with Gasteiger partial charge >= 0.3 is 0 Å². The van der Waals surface area contributed by atoms with Crippen molar-refractivity contribution in [1.82, 2.24) is 5.32 Å². The SMILES string of the molecule is Cc1ccccc1NC(C)CC1CCCCCN1. The highest BCUT2D eigenvalue weighted by atomic mass is 15.0. The van der Waals surface area contributed by atoms with Crippen LogP contribution in [0.25, 0.3) is 0 Å². The molecule has 1 aliphatic rings. The monoisotopic (exact) mass is 246 g/mol. The van der Waals surface area contributed by atoms with Gasteiger partial charge in [-0.2, -0.15) is 0 Å². The number of hydrogen-bond donors (Lipinski definition) is 2. The van der Waals surface area contributed by atoms with E-state index in [0.29, 0.717) is 12.1 Å². The smallest absolute Gasteiger partial charge is 0.0371 e. The molecule has 0 spiro atoms. The Kier molecular flexibility index (Phi) is 5.06. The normalized spacial score (nSPS) is 22.2. The Bertz CT molecular complexity index is 354. The minimum absolute atomic E-state index is 0.529. The first-order chi connectivity index (χ1) is 8.75. The number of benzene rings is 1. The summed E-state index contributed by atoms with van der Waals surface area (Å²) in [6.45, 7) is 5.65. The summed E-state index contributed by atoms with van der Waals surface area (Å²) >= 11 is 0. The average molecular weight is 246 g/mol. The standard InChI is InChI=1S/C16H26N2/c1-13-8-5-6-10-16(13)18-14(2)12-15-9-4-3-7-11-17-15/h5-6,8,10,14-15,17-18H,3-4,7,9,11-12H2,1-2H3. The molecule has 0 aromatic heterocycles. The van der Waals surface area contributed by atoms with Gasteiger partial charge in [0.1, 0.15) is 0 Å². The van der Waals surface area contributed by atoms with Crippen molar-refractivity contribution in [3.8, 4) is 0 Å². The number of hydrogen-bond acceptors (Lipinski definition) is 2. The fourth-order valence-corrected chi connectivity index (χ4v) is 2.79. The summed E-state index contributed by atoms with van der Waals surface area (Å²) in [7, 11) is 0. The molecule has 1 fully saturated rings. The number of anilines is 1. The highest BCUT2D eigenvalue weighted by molar-refractivity contribution is 5.50. The van der Waals surface area contributed by atoms with E-state index >= 15 is 0 Å². The summed E-state index contributed by atoms with van der Waals surface area (Å²) in [5, 5.41) is 7.31. The maximum Gasteiger partial charge on any atom is 0.0371 e. The summed E-state index contributed by atoms with van der Waals surface area (Å²) < 4.78 is 0. The number of rotatable bonds is 4. The molecule has 2 rings (SSSR count). The fraction of sp³-hybridized carbons (Fsp3) is 0.625.